The van der Waals surface area contributed by atoms with E-state index in [1.165, 1.54) is 12.1 Å². The molecule has 192 valence electrons. The van der Waals surface area contributed by atoms with Gasteiger partial charge in [0.15, 0.2) is 0 Å². The monoisotopic (exact) mass is 555 g/mol. The van der Waals surface area contributed by atoms with Crippen LogP contribution in [0.25, 0.3) is 6.08 Å². The van der Waals surface area contributed by atoms with Gasteiger partial charge in [0.2, 0.25) is 0 Å². The topological polar surface area (TPSA) is 105 Å². The Bertz CT molecular complexity index is 1090. The van der Waals surface area contributed by atoms with Crippen molar-refractivity contribution < 1.29 is 58.5 Å². The van der Waals surface area contributed by atoms with Gasteiger partial charge in [-0.25, -0.2) is 0 Å². The molecule has 1 unspecified atom stereocenters. The fourth-order valence-electron chi connectivity index (χ4n) is 4.17. The van der Waals surface area contributed by atoms with Crippen LogP contribution in [0, 0.1) is 0 Å². The maximum atomic E-state index is 12.5. The van der Waals surface area contributed by atoms with Crippen LogP contribution in [0.1, 0.15) is 53.6 Å². The minimum Gasteiger partial charge on any atom is -0.548 e. The third-order valence-corrected chi connectivity index (χ3v) is 6.81. The molecule has 1 fully saturated rings. The number of benzene rings is 2. The van der Waals surface area contributed by atoms with Crippen LogP contribution in [-0.4, -0.2) is 44.0 Å². The normalized spacial score (nSPS) is 15.7. The predicted octanol–water partition coefficient (Wildman–Crippen LogP) is 0.951. The zero-order chi connectivity index (χ0) is 26.1. The van der Waals surface area contributed by atoms with Crippen molar-refractivity contribution in [1.82, 2.24) is 5.32 Å². The van der Waals surface area contributed by atoms with Crippen LogP contribution >= 0.6 is 23.2 Å². The Hall–Kier alpha value is -1.71. The van der Waals surface area contributed by atoms with Crippen molar-refractivity contribution in [3.8, 4) is 0 Å². The third kappa shape index (κ3) is 8.65. The van der Waals surface area contributed by atoms with Crippen LogP contribution < -0.4 is 40.0 Å². The minimum absolute atomic E-state index is 0. The number of carboxylic acids is 1. The van der Waals surface area contributed by atoms with Gasteiger partial charge in [0.1, 0.15) is 5.78 Å². The number of halogens is 2. The Balaban J connectivity index is 0.00000481. The second kappa shape index (κ2) is 15.0. The number of Topliss-reactive ketones (excluding diaryl/α,β-unsaturated/α-hetero) is 1. The number of amides is 1. The number of hydrogen-bond acceptors (Lipinski definition) is 6. The van der Waals surface area contributed by atoms with Crippen molar-refractivity contribution in [2.45, 2.75) is 43.7 Å². The van der Waals surface area contributed by atoms with Gasteiger partial charge in [-0.2, -0.15) is 0 Å². The standard InChI is InChI=1S/C27H29Cl2NO6.Na/c1-35-16-17-36-27(14-12-20(31)13-15-27)19-10-8-18(9-11-19)4-2-7-23(26(33)34)30-25(32)24-21(28)5-3-6-22(24)29;/h2-6,8-11,23H,7,12-17H2,1H3,(H,30,32)(H,33,34);/q;+1/p-1/b4-2+;. The van der Waals surface area contributed by atoms with Crippen molar-refractivity contribution in [3.63, 3.8) is 0 Å². The first-order valence-electron chi connectivity index (χ1n) is 11.6. The van der Waals surface area contributed by atoms with E-state index in [9.17, 15) is 19.5 Å². The van der Waals surface area contributed by atoms with Gasteiger partial charge < -0.3 is 24.7 Å². The molecule has 0 bridgehead atoms. The first-order valence-corrected chi connectivity index (χ1v) is 12.4. The Labute approximate surface area is 248 Å². The molecule has 0 aromatic heterocycles. The van der Waals surface area contributed by atoms with Crippen LogP contribution in [0.5, 0.6) is 0 Å². The van der Waals surface area contributed by atoms with Crippen LogP contribution in [0.4, 0.5) is 0 Å². The quantitative estimate of drug-likeness (QED) is 0.327. The SMILES string of the molecule is COCCOC1(c2ccc(/C=C/CC(NC(=O)c3c(Cl)cccc3Cl)C(=O)[O-])cc2)CCC(=O)CC1.[Na+]. The van der Waals surface area contributed by atoms with E-state index >= 15 is 0 Å². The number of ketones is 1. The number of carbonyl (C=O) groups excluding carboxylic acids is 3. The zero-order valence-electron chi connectivity index (χ0n) is 20.9. The van der Waals surface area contributed by atoms with Gasteiger partial charge in [0.25, 0.3) is 5.91 Å². The van der Waals surface area contributed by atoms with Crippen molar-refractivity contribution in [2.24, 2.45) is 0 Å². The van der Waals surface area contributed by atoms with Crippen molar-refractivity contribution in [3.05, 3.63) is 75.3 Å². The van der Waals surface area contributed by atoms with E-state index in [0.717, 1.165) is 11.1 Å². The molecule has 2 aromatic rings. The molecule has 0 aliphatic heterocycles. The number of rotatable bonds is 11. The molecule has 37 heavy (non-hydrogen) atoms. The Morgan fingerprint density at radius 2 is 1.70 bits per heavy atom. The smallest absolute Gasteiger partial charge is 0.548 e. The number of methoxy groups -OCH3 is 1. The van der Waals surface area contributed by atoms with Gasteiger partial charge in [0, 0.05) is 20.0 Å². The summed E-state index contributed by atoms with van der Waals surface area (Å²) in [6.07, 6.45) is 5.60. The molecular weight excluding hydrogens is 528 g/mol. The number of nitrogens with one attached hydrogen (secondary N) is 1. The van der Waals surface area contributed by atoms with Gasteiger partial charge in [-0.3, -0.25) is 9.59 Å². The van der Waals surface area contributed by atoms with Crippen molar-refractivity contribution in [1.29, 1.82) is 0 Å². The molecule has 7 nitrogen and oxygen atoms in total. The fourth-order valence-corrected chi connectivity index (χ4v) is 4.74. The summed E-state index contributed by atoms with van der Waals surface area (Å²) in [7, 11) is 1.61. The van der Waals surface area contributed by atoms with E-state index < -0.39 is 23.5 Å². The molecule has 1 saturated carbocycles. The van der Waals surface area contributed by atoms with E-state index in [4.69, 9.17) is 32.7 Å². The van der Waals surface area contributed by atoms with Crippen LogP contribution in [-0.2, 0) is 24.7 Å². The van der Waals surface area contributed by atoms with E-state index in [0.29, 0.717) is 38.9 Å². The van der Waals surface area contributed by atoms with E-state index in [2.05, 4.69) is 5.32 Å². The first kappa shape index (κ1) is 31.5. The Morgan fingerprint density at radius 3 is 2.27 bits per heavy atom. The summed E-state index contributed by atoms with van der Waals surface area (Å²) >= 11 is 12.1. The van der Waals surface area contributed by atoms with E-state index in [1.807, 2.05) is 24.3 Å². The molecule has 1 aliphatic rings. The van der Waals surface area contributed by atoms with E-state index in [1.54, 1.807) is 25.3 Å². The van der Waals surface area contributed by atoms with Crippen LogP contribution in [0.15, 0.2) is 48.5 Å². The molecule has 10 heteroatoms. The molecular formula is C27H28Cl2NNaO6. The van der Waals surface area contributed by atoms with Gasteiger partial charge in [-0.15, -0.1) is 0 Å². The van der Waals surface area contributed by atoms with Gasteiger partial charge in [-0.05, 0) is 42.5 Å². The summed E-state index contributed by atoms with van der Waals surface area (Å²) in [5, 5.41) is 14.3. The average Bonchev–Trinajstić information content (AvgIpc) is 2.85. The summed E-state index contributed by atoms with van der Waals surface area (Å²) in [5.41, 5.74) is 1.31. The van der Waals surface area contributed by atoms with Gasteiger partial charge >= 0.3 is 29.6 Å². The summed E-state index contributed by atoms with van der Waals surface area (Å²) in [4.78, 5) is 35.9. The van der Waals surface area contributed by atoms with Gasteiger partial charge in [-0.1, -0.05) is 65.7 Å². The number of carboxylic acid groups (broad SMARTS) is 1. The number of aliphatic carboxylic acids is 1. The summed E-state index contributed by atoms with van der Waals surface area (Å²) in [6.45, 7) is 0.900. The van der Waals surface area contributed by atoms with Crippen molar-refractivity contribution in [2.75, 3.05) is 20.3 Å². The van der Waals surface area contributed by atoms with Gasteiger partial charge in [0.05, 0.1) is 46.4 Å². The molecule has 0 radical (unpaired) electrons. The number of carbonyl (C=O) groups is 3. The largest absolute Gasteiger partial charge is 1.00 e. The number of ether oxygens (including phenoxy) is 2. The molecule has 0 spiro atoms. The molecule has 0 heterocycles. The average molecular weight is 556 g/mol. The molecule has 2 aromatic carbocycles. The van der Waals surface area contributed by atoms with Crippen LogP contribution in [0.2, 0.25) is 10.0 Å². The van der Waals surface area contributed by atoms with E-state index in [-0.39, 0.29) is 57.4 Å². The summed E-state index contributed by atoms with van der Waals surface area (Å²) < 4.78 is 11.3. The molecule has 1 atom stereocenters. The molecule has 3 rings (SSSR count). The molecule has 1 aliphatic carbocycles. The number of hydrogen-bond donors (Lipinski definition) is 1. The van der Waals surface area contributed by atoms with Crippen molar-refractivity contribution >= 4 is 46.9 Å². The predicted molar refractivity (Wildman–Crippen MR) is 136 cm³/mol. The Morgan fingerprint density at radius 1 is 1.08 bits per heavy atom. The third-order valence-electron chi connectivity index (χ3n) is 6.18. The fraction of sp³-hybridized carbons (Fsp3) is 0.370. The van der Waals surface area contributed by atoms with Crippen LogP contribution in [0.3, 0.4) is 0 Å². The molecule has 1 N–H and O–H groups in total. The maximum absolute atomic E-state index is 12.5. The second-order valence-corrected chi connectivity index (χ2v) is 9.39. The zero-order valence-corrected chi connectivity index (χ0v) is 24.4. The maximum Gasteiger partial charge on any atom is 1.00 e. The first-order chi connectivity index (χ1) is 17.3. The minimum atomic E-state index is -1.42. The summed E-state index contributed by atoms with van der Waals surface area (Å²) in [6, 6.07) is 11.0. The molecule has 0 saturated heterocycles. The summed E-state index contributed by atoms with van der Waals surface area (Å²) in [5.74, 6) is -1.87. The Kier molecular flexibility index (Phi) is 12.8. The molecule has 1 amide bonds. The second-order valence-electron chi connectivity index (χ2n) is 8.58.